The van der Waals surface area contributed by atoms with Crippen molar-refractivity contribution in [2.24, 2.45) is 13.0 Å². The number of carbonyl (C=O) groups is 1. The molecule has 8 nitrogen and oxygen atoms in total. The lowest BCUT2D eigenvalue weighted by atomic mass is 9.78. The molecule has 0 radical (unpaired) electrons. The van der Waals surface area contributed by atoms with E-state index in [-0.39, 0.29) is 24.3 Å². The van der Waals surface area contributed by atoms with Crippen LogP contribution in [0.3, 0.4) is 0 Å². The summed E-state index contributed by atoms with van der Waals surface area (Å²) in [6.45, 7) is 1.32. The van der Waals surface area contributed by atoms with Crippen LogP contribution in [0.5, 0.6) is 0 Å². The molecule has 1 amide bonds. The van der Waals surface area contributed by atoms with Crippen molar-refractivity contribution in [3.63, 3.8) is 0 Å². The van der Waals surface area contributed by atoms with Crippen molar-refractivity contribution in [3.05, 3.63) is 54.7 Å². The maximum absolute atomic E-state index is 13.9. The third-order valence-corrected chi connectivity index (χ3v) is 6.28. The van der Waals surface area contributed by atoms with Crippen LogP contribution in [0.4, 0.5) is 21.0 Å². The Morgan fingerprint density at radius 2 is 2.00 bits per heavy atom. The van der Waals surface area contributed by atoms with Gasteiger partial charge in [-0.1, -0.05) is 12.1 Å². The molecular weight excluding hydrogens is 435 g/mol. The Morgan fingerprint density at radius 3 is 2.72 bits per heavy atom. The Hall–Kier alpha value is -3.07. The lowest BCUT2D eigenvalue weighted by molar-refractivity contribution is 0.0148. The minimum Gasteiger partial charge on any atom is -0.441 e. The van der Waals surface area contributed by atoms with Crippen LogP contribution in [0.25, 0.3) is 5.69 Å². The smallest absolute Gasteiger partial charge is 0.417 e. The molecule has 1 saturated carbocycles. The van der Waals surface area contributed by atoms with E-state index in [0.717, 1.165) is 38.0 Å². The molecule has 2 aromatic heterocycles. The number of hydrogen-bond acceptors (Lipinski definition) is 5. The summed E-state index contributed by atoms with van der Waals surface area (Å²) in [6.07, 6.45) is 8.52. The number of anilines is 2. The third-order valence-electron chi connectivity index (χ3n) is 6.28. The second-order valence-electron chi connectivity index (χ2n) is 8.40. The average Bonchev–Trinajstić information content (AvgIpc) is 3.47. The van der Waals surface area contributed by atoms with Crippen LogP contribution in [-0.4, -0.2) is 44.1 Å². The second-order valence-corrected chi connectivity index (χ2v) is 8.40. The molecule has 0 unspecified atom stereocenters. The number of aryl methyl sites for hydroxylation is 1. The zero-order valence-corrected chi connectivity index (χ0v) is 18.6. The first-order valence-corrected chi connectivity index (χ1v) is 10.6. The highest BCUT2D eigenvalue weighted by Crippen LogP contribution is 2.40. The molecule has 1 aliphatic carbocycles. The monoisotopic (exact) mass is 460 g/mol. The van der Waals surface area contributed by atoms with Gasteiger partial charge >= 0.3 is 6.09 Å². The van der Waals surface area contributed by atoms with Gasteiger partial charge in [-0.25, -0.2) is 23.8 Å². The molecule has 2 aliphatic rings. The van der Waals surface area contributed by atoms with Gasteiger partial charge in [0.05, 0.1) is 6.54 Å². The van der Waals surface area contributed by atoms with Gasteiger partial charge in [0, 0.05) is 38.2 Å². The fraction of sp³-hybridized carbons (Fsp3) is 0.409. The number of benzene rings is 1. The van der Waals surface area contributed by atoms with Gasteiger partial charge in [0.1, 0.15) is 22.9 Å². The molecule has 10 heteroatoms. The summed E-state index contributed by atoms with van der Waals surface area (Å²) in [6, 6.07) is 8.42. The maximum atomic E-state index is 13.9. The summed E-state index contributed by atoms with van der Waals surface area (Å²) in [5, 5.41) is 7.80. The first kappa shape index (κ1) is 22.1. The molecule has 1 spiro atoms. The van der Waals surface area contributed by atoms with Gasteiger partial charge in [-0.2, -0.15) is 5.10 Å². The Kier molecular flexibility index (Phi) is 6.10. The molecule has 3 heterocycles. The van der Waals surface area contributed by atoms with E-state index in [4.69, 9.17) is 4.74 Å². The minimum atomic E-state index is -0.425. The summed E-state index contributed by atoms with van der Waals surface area (Å²) in [7, 11) is 1.87. The summed E-state index contributed by atoms with van der Waals surface area (Å²) in [5.74, 6) is 1.50. The summed E-state index contributed by atoms with van der Waals surface area (Å²) < 4.78 is 23.1. The number of carbonyl (C=O) groups excluding carboxylic acids is 1. The van der Waals surface area contributed by atoms with Crippen LogP contribution >= 0.6 is 12.4 Å². The maximum Gasteiger partial charge on any atom is 0.417 e. The van der Waals surface area contributed by atoms with Crippen LogP contribution in [0.2, 0.25) is 0 Å². The van der Waals surface area contributed by atoms with E-state index in [9.17, 15) is 9.18 Å². The van der Waals surface area contributed by atoms with Gasteiger partial charge in [-0.3, -0.25) is 0 Å². The molecule has 0 bridgehead atoms. The highest BCUT2D eigenvalue weighted by atomic mass is 35.5. The molecule has 1 aromatic carbocycles. The number of ether oxygens (including phenoxy) is 1. The lowest BCUT2D eigenvalue weighted by Crippen LogP contribution is -2.40. The second kappa shape index (κ2) is 8.82. The Balaban J connectivity index is 0.00000245. The predicted molar refractivity (Wildman–Crippen MR) is 121 cm³/mol. The highest BCUT2D eigenvalue weighted by molar-refractivity contribution is 5.88. The topological polar surface area (TPSA) is 77.2 Å². The minimum absolute atomic E-state index is 0. The zero-order valence-electron chi connectivity index (χ0n) is 17.8. The van der Waals surface area contributed by atoms with E-state index in [1.54, 1.807) is 35.5 Å². The van der Waals surface area contributed by atoms with Crippen molar-refractivity contribution >= 4 is 30.3 Å². The zero-order chi connectivity index (χ0) is 21.4. The highest BCUT2D eigenvalue weighted by Gasteiger charge is 2.48. The SMILES string of the molecule is Cl.Cn1ccnc1N1C[C@]2(CC[C@@H](CNc3ccn(-c4ccccc4F)n3)CC2)OC1=O. The van der Waals surface area contributed by atoms with Crippen molar-refractivity contribution in [3.8, 4) is 5.69 Å². The molecule has 32 heavy (non-hydrogen) atoms. The van der Waals surface area contributed by atoms with Crippen LogP contribution in [0, 0.1) is 11.7 Å². The van der Waals surface area contributed by atoms with Crippen molar-refractivity contribution < 1.29 is 13.9 Å². The van der Waals surface area contributed by atoms with Crippen molar-refractivity contribution in [1.29, 1.82) is 0 Å². The van der Waals surface area contributed by atoms with Gasteiger partial charge < -0.3 is 14.6 Å². The van der Waals surface area contributed by atoms with Gasteiger partial charge in [0.15, 0.2) is 0 Å². The Labute approximate surface area is 191 Å². The summed E-state index contributed by atoms with van der Waals surface area (Å²) in [4.78, 5) is 18.3. The number of nitrogens with one attached hydrogen (secondary N) is 1. The van der Waals surface area contributed by atoms with Gasteiger partial charge in [-0.05, 0) is 43.7 Å². The van der Waals surface area contributed by atoms with Crippen LogP contribution in [0.1, 0.15) is 25.7 Å². The van der Waals surface area contributed by atoms with Crippen molar-refractivity contribution in [1.82, 2.24) is 19.3 Å². The summed E-state index contributed by atoms with van der Waals surface area (Å²) >= 11 is 0. The first-order chi connectivity index (χ1) is 15.0. The van der Waals surface area contributed by atoms with E-state index in [0.29, 0.717) is 24.1 Å². The van der Waals surface area contributed by atoms with E-state index in [1.165, 1.54) is 10.7 Å². The van der Waals surface area contributed by atoms with Gasteiger partial charge in [0.25, 0.3) is 0 Å². The number of hydrogen-bond donors (Lipinski definition) is 1. The lowest BCUT2D eigenvalue weighted by Gasteiger charge is -2.35. The first-order valence-electron chi connectivity index (χ1n) is 10.6. The van der Waals surface area contributed by atoms with E-state index < -0.39 is 5.60 Å². The van der Waals surface area contributed by atoms with Crippen LogP contribution in [-0.2, 0) is 11.8 Å². The average molecular weight is 461 g/mol. The molecule has 0 atom stereocenters. The Morgan fingerprint density at radius 1 is 1.22 bits per heavy atom. The van der Waals surface area contributed by atoms with E-state index in [2.05, 4.69) is 15.4 Å². The molecular formula is C22H26ClFN6O2. The number of aromatic nitrogens is 4. The fourth-order valence-corrected chi connectivity index (χ4v) is 4.50. The van der Waals surface area contributed by atoms with E-state index in [1.807, 2.05) is 23.9 Å². The van der Waals surface area contributed by atoms with Crippen LogP contribution < -0.4 is 10.2 Å². The van der Waals surface area contributed by atoms with Crippen LogP contribution in [0.15, 0.2) is 48.9 Å². The Bertz CT molecular complexity index is 1090. The predicted octanol–water partition coefficient (Wildman–Crippen LogP) is 4.16. The molecule has 170 valence electrons. The number of para-hydroxylation sites is 1. The summed E-state index contributed by atoms with van der Waals surface area (Å²) in [5.41, 5.74) is 0.00171. The molecule has 1 N–H and O–H groups in total. The van der Waals surface area contributed by atoms with Gasteiger partial charge in [0.2, 0.25) is 5.95 Å². The molecule has 2 fully saturated rings. The molecule has 1 aliphatic heterocycles. The quantitative estimate of drug-likeness (QED) is 0.618. The normalized spacial score (nSPS) is 22.6. The molecule has 3 aromatic rings. The molecule has 5 rings (SSSR count). The van der Waals surface area contributed by atoms with Crippen molar-refractivity contribution in [2.75, 3.05) is 23.3 Å². The molecule has 1 saturated heterocycles. The third kappa shape index (κ3) is 4.17. The van der Waals surface area contributed by atoms with Gasteiger partial charge in [-0.15, -0.1) is 12.4 Å². The number of imidazole rings is 1. The number of halogens is 2. The standard InChI is InChI=1S/C22H25FN6O2.ClH/c1-27-13-11-24-20(27)28-15-22(31-21(28)30)9-6-16(7-10-22)14-25-19-8-12-29(26-19)18-5-3-2-4-17(18)23;/h2-5,8,11-13,16H,6-7,9-10,14-15H2,1H3,(H,25,26);1H/t16-,22-;. The van der Waals surface area contributed by atoms with E-state index >= 15 is 0 Å². The number of amides is 1. The number of nitrogens with zero attached hydrogens (tertiary/aromatic N) is 5. The largest absolute Gasteiger partial charge is 0.441 e. The fourth-order valence-electron chi connectivity index (χ4n) is 4.50. The number of rotatable bonds is 5. The van der Waals surface area contributed by atoms with Crippen molar-refractivity contribution in [2.45, 2.75) is 31.3 Å².